The zero-order valence-corrected chi connectivity index (χ0v) is 16.0. The summed E-state index contributed by atoms with van der Waals surface area (Å²) < 4.78 is 0. The summed E-state index contributed by atoms with van der Waals surface area (Å²) >= 11 is 0. The lowest BCUT2D eigenvalue weighted by Gasteiger charge is -2.25. The Bertz CT molecular complexity index is 696. The molecule has 2 aromatic rings. The first kappa shape index (κ1) is 19.8. The molecule has 0 aliphatic heterocycles. The van der Waals surface area contributed by atoms with Crippen molar-refractivity contribution in [1.29, 1.82) is 0 Å². The number of nitrogens with one attached hydrogen (secondary N) is 2. The van der Waals surface area contributed by atoms with Crippen LogP contribution in [0.2, 0.25) is 0 Å². The molecule has 0 bridgehead atoms. The number of nitrogens with zero attached hydrogens (tertiary/aromatic N) is 1. The van der Waals surface area contributed by atoms with Gasteiger partial charge in [-0.2, -0.15) is 0 Å². The second-order valence-electron chi connectivity index (χ2n) is 6.97. The van der Waals surface area contributed by atoms with Crippen molar-refractivity contribution in [3.8, 4) is 5.75 Å². The third-order valence-electron chi connectivity index (χ3n) is 4.56. The lowest BCUT2D eigenvalue weighted by atomic mass is 10.0. The fourth-order valence-corrected chi connectivity index (χ4v) is 2.74. The van der Waals surface area contributed by atoms with Crippen LogP contribution in [0.25, 0.3) is 0 Å². The maximum absolute atomic E-state index is 12.2. The monoisotopic (exact) mass is 355 g/mol. The van der Waals surface area contributed by atoms with E-state index in [0.29, 0.717) is 6.54 Å². The molecule has 0 fully saturated rings. The first-order chi connectivity index (χ1) is 12.3. The largest absolute Gasteiger partial charge is 0.508 e. The van der Waals surface area contributed by atoms with Gasteiger partial charge in [-0.05, 0) is 57.6 Å². The first-order valence-electron chi connectivity index (χ1n) is 8.90. The highest BCUT2D eigenvalue weighted by Crippen LogP contribution is 2.14. The SMILES string of the molecule is Cc1ccc(C(C)NC(=O)NCC(Cc2ccc(O)cc2)N(C)C)cc1. The van der Waals surface area contributed by atoms with Gasteiger partial charge < -0.3 is 20.6 Å². The average molecular weight is 355 g/mol. The number of aromatic hydroxyl groups is 1. The zero-order chi connectivity index (χ0) is 19.1. The average Bonchev–Trinajstić information content (AvgIpc) is 2.60. The molecule has 26 heavy (non-hydrogen) atoms. The number of aryl methyl sites for hydroxylation is 1. The van der Waals surface area contributed by atoms with Gasteiger partial charge in [0.1, 0.15) is 5.75 Å². The van der Waals surface area contributed by atoms with Crippen molar-refractivity contribution in [2.24, 2.45) is 0 Å². The zero-order valence-electron chi connectivity index (χ0n) is 16.0. The maximum atomic E-state index is 12.2. The number of likely N-dealkylation sites (N-methyl/N-ethyl adjacent to an activating group) is 1. The number of carbonyl (C=O) groups excluding carboxylic acids is 1. The highest BCUT2D eigenvalue weighted by atomic mass is 16.3. The second-order valence-corrected chi connectivity index (χ2v) is 6.97. The number of hydrogen-bond donors (Lipinski definition) is 3. The standard InChI is InChI=1S/C21H29N3O2/c1-15-5-9-18(10-6-15)16(2)23-21(26)22-14-19(24(3)4)13-17-7-11-20(25)12-8-17/h5-12,16,19,25H,13-14H2,1-4H3,(H2,22,23,26). The van der Waals surface area contributed by atoms with E-state index in [-0.39, 0.29) is 23.9 Å². The third kappa shape index (κ3) is 6.08. The van der Waals surface area contributed by atoms with Crippen LogP contribution >= 0.6 is 0 Å². The number of phenolic OH excluding ortho intramolecular Hbond substituents is 1. The molecule has 140 valence electrons. The smallest absolute Gasteiger partial charge is 0.315 e. The minimum Gasteiger partial charge on any atom is -0.508 e. The Kier molecular flexibility index (Phi) is 7.04. The molecule has 0 aliphatic carbocycles. The minimum absolute atomic E-state index is 0.0505. The summed E-state index contributed by atoms with van der Waals surface area (Å²) in [7, 11) is 4.00. The molecule has 0 spiro atoms. The predicted molar refractivity (Wildman–Crippen MR) is 105 cm³/mol. The number of benzene rings is 2. The van der Waals surface area contributed by atoms with Crippen molar-refractivity contribution in [3.63, 3.8) is 0 Å². The molecular formula is C21H29N3O2. The van der Waals surface area contributed by atoms with Crippen molar-refractivity contribution in [2.45, 2.75) is 32.4 Å². The molecule has 0 saturated heterocycles. The van der Waals surface area contributed by atoms with Gasteiger partial charge in [-0.3, -0.25) is 0 Å². The highest BCUT2D eigenvalue weighted by molar-refractivity contribution is 5.74. The lowest BCUT2D eigenvalue weighted by Crippen LogP contribution is -2.45. The van der Waals surface area contributed by atoms with Crippen LogP contribution in [-0.2, 0) is 6.42 Å². The Morgan fingerprint density at radius 3 is 2.27 bits per heavy atom. The molecule has 5 nitrogen and oxygen atoms in total. The summed E-state index contributed by atoms with van der Waals surface area (Å²) in [5.41, 5.74) is 3.41. The molecule has 0 radical (unpaired) electrons. The fourth-order valence-electron chi connectivity index (χ4n) is 2.74. The van der Waals surface area contributed by atoms with Gasteiger partial charge in [0, 0.05) is 12.6 Å². The molecule has 2 atom stereocenters. The Morgan fingerprint density at radius 1 is 1.08 bits per heavy atom. The molecule has 2 rings (SSSR count). The van der Waals surface area contributed by atoms with Crippen LogP contribution in [-0.4, -0.2) is 42.7 Å². The van der Waals surface area contributed by atoms with Gasteiger partial charge in [0.25, 0.3) is 0 Å². The van der Waals surface area contributed by atoms with Crippen LogP contribution in [0.5, 0.6) is 5.75 Å². The third-order valence-corrected chi connectivity index (χ3v) is 4.56. The molecular weight excluding hydrogens is 326 g/mol. The summed E-state index contributed by atoms with van der Waals surface area (Å²) in [6.07, 6.45) is 0.793. The first-order valence-corrected chi connectivity index (χ1v) is 8.90. The van der Waals surface area contributed by atoms with Gasteiger partial charge in [0.15, 0.2) is 0 Å². The number of phenols is 1. The van der Waals surface area contributed by atoms with E-state index in [9.17, 15) is 9.90 Å². The van der Waals surface area contributed by atoms with Crippen LogP contribution in [0.3, 0.4) is 0 Å². The highest BCUT2D eigenvalue weighted by Gasteiger charge is 2.15. The number of carbonyl (C=O) groups is 1. The van der Waals surface area contributed by atoms with Crippen molar-refractivity contribution in [3.05, 3.63) is 65.2 Å². The molecule has 0 aromatic heterocycles. The normalized spacial score (nSPS) is 13.3. The van der Waals surface area contributed by atoms with Crippen LogP contribution in [0.1, 0.15) is 29.7 Å². The predicted octanol–water partition coefficient (Wildman–Crippen LogP) is 3.23. The number of urea groups is 1. The second kappa shape index (κ2) is 9.25. The van der Waals surface area contributed by atoms with Crippen molar-refractivity contribution in [1.82, 2.24) is 15.5 Å². The van der Waals surface area contributed by atoms with E-state index in [1.165, 1.54) is 5.56 Å². The summed E-state index contributed by atoms with van der Waals surface area (Å²) in [5, 5.41) is 15.3. The summed E-state index contributed by atoms with van der Waals surface area (Å²) in [6.45, 7) is 4.56. The molecule has 0 saturated carbocycles. The molecule has 2 aromatic carbocycles. The lowest BCUT2D eigenvalue weighted by molar-refractivity contribution is 0.229. The molecule has 0 aliphatic rings. The van der Waals surface area contributed by atoms with Crippen molar-refractivity contribution < 1.29 is 9.90 Å². The minimum atomic E-state index is -0.171. The van der Waals surface area contributed by atoms with Gasteiger partial charge in [0.2, 0.25) is 0 Å². The molecule has 3 N–H and O–H groups in total. The Hall–Kier alpha value is -2.53. The van der Waals surface area contributed by atoms with Crippen LogP contribution in [0, 0.1) is 6.92 Å². The Balaban J connectivity index is 1.86. The molecule has 2 amide bonds. The number of hydrogen-bond acceptors (Lipinski definition) is 3. The van der Waals surface area contributed by atoms with E-state index in [1.807, 2.05) is 64.3 Å². The molecule has 0 heterocycles. The summed E-state index contributed by atoms with van der Waals surface area (Å²) in [6, 6.07) is 15.3. The summed E-state index contributed by atoms with van der Waals surface area (Å²) in [4.78, 5) is 14.3. The summed E-state index contributed by atoms with van der Waals surface area (Å²) in [5.74, 6) is 0.262. The number of amides is 2. The van der Waals surface area contributed by atoms with E-state index < -0.39 is 0 Å². The van der Waals surface area contributed by atoms with Gasteiger partial charge in [0.05, 0.1) is 6.04 Å². The Morgan fingerprint density at radius 2 is 1.69 bits per heavy atom. The van der Waals surface area contributed by atoms with Crippen molar-refractivity contribution >= 4 is 6.03 Å². The van der Waals surface area contributed by atoms with E-state index in [4.69, 9.17) is 0 Å². The van der Waals surface area contributed by atoms with Gasteiger partial charge in [-0.1, -0.05) is 42.0 Å². The van der Waals surface area contributed by atoms with Gasteiger partial charge in [-0.25, -0.2) is 4.79 Å². The quantitative estimate of drug-likeness (QED) is 0.714. The number of rotatable bonds is 7. The van der Waals surface area contributed by atoms with Crippen LogP contribution in [0.15, 0.2) is 48.5 Å². The fraction of sp³-hybridized carbons (Fsp3) is 0.381. The van der Waals surface area contributed by atoms with E-state index in [0.717, 1.165) is 17.5 Å². The van der Waals surface area contributed by atoms with Crippen molar-refractivity contribution in [2.75, 3.05) is 20.6 Å². The van der Waals surface area contributed by atoms with E-state index >= 15 is 0 Å². The molecule has 5 heteroatoms. The topological polar surface area (TPSA) is 64.6 Å². The van der Waals surface area contributed by atoms with Crippen LogP contribution < -0.4 is 10.6 Å². The maximum Gasteiger partial charge on any atom is 0.315 e. The van der Waals surface area contributed by atoms with E-state index in [2.05, 4.69) is 15.5 Å². The van der Waals surface area contributed by atoms with Gasteiger partial charge in [-0.15, -0.1) is 0 Å². The van der Waals surface area contributed by atoms with E-state index in [1.54, 1.807) is 12.1 Å². The van der Waals surface area contributed by atoms with Crippen LogP contribution in [0.4, 0.5) is 4.79 Å². The van der Waals surface area contributed by atoms with Gasteiger partial charge >= 0.3 is 6.03 Å². The Labute approximate surface area is 156 Å². The molecule has 2 unspecified atom stereocenters.